The number of hydrogen-bond donors (Lipinski definition) is 2. The van der Waals surface area contributed by atoms with E-state index in [1.165, 1.54) is 18.2 Å². The zero-order valence-electron chi connectivity index (χ0n) is 21.2. The van der Waals surface area contributed by atoms with Crippen LogP contribution in [0, 0.1) is 12.7 Å². The van der Waals surface area contributed by atoms with Crippen molar-refractivity contribution in [3.8, 4) is 22.4 Å². The van der Waals surface area contributed by atoms with E-state index < -0.39 is 23.2 Å². The molecule has 0 aliphatic heterocycles. The normalized spacial score (nSPS) is 13.2. The van der Waals surface area contributed by atoms with Gasteiger partial charge >= 0.3 is 6.18 Å². The van der Waals surface area contributed by atoms with Gasteiger partial charge in [-0.15, -0.1) is 0 Å². The van der Waals surface area contributed by atoms with Gasteiger partial charge in [-0.1, -0.05) is 54.6 Å². The molecule has 2 N–H and O–H groups in total. The molecule has 0 spiro atoms. The number of rotatable bonds is 6. The number of hydrogen-bond acceptors (Lipinski definition) is 4. The van der Waals surface area contributed by atoms with Crippen molar-refractivity contribution in [3.63, 3.8) is 0 Å². The Bertz CT molecular complexity index is 1690. The molecule has 2 heterocycles. The second-order valence-corrected chi connectivity index (χ2v) is 9.38. The van der Waals surface area contributed by atoms with Crippen LogP contribution >= 0.6 is 0 Å². The van der Waals surface area contributed by atoms with Gasteiger partial charge < -0.3 is 10.4 Å². The summed E-state index contributed by atoms with van der Waals surface area (Å²) in [5.41, 5.74) is -0.366. The Kier molecular flexibility index (Phi) is 7.08. The molecule has 5 rings (SSSR count). The number of halogens is 4. The maximum Gasteiger partial charge on any atom is 0.430 e. The molecule has 0 saturated carbocycles. The molecule has 40 heavy (non-hydrogen) atoms. The van der Waals surface area contributed by atoms with Crippen LogP contribution in [0.25, 0.3) is 33.4 Å². The summed E-state index contributed by atoms with van der Waals surface area (Å²) in [7, 11) is 0. The summed E-state index contributed by atoms with van der Waals surface area (Å²) in [5, 5.41) is 13.7. The number of carbonyl (C=O) groups is 1. The third kappa shape index (κ3) is 5.15. The molecule has 0 bridgehead atoms. The van der Waals surface area contributed by atoms with Crippen LogP contribution in [0.5, 0.6) is 0 Å². The number of aryl methyl sites for hydroxylation is 1. The molecule has 5 nitrogen and oxygen atoms in total. The predicted octanol–water partition coefficient (Wildman–Crippen LogP) is 6.48. The number of amides is 1. The second-order valence-electron chi connectivity index (χ2n) is 9.38. The third-order valence-corrected chi connectivity index (χ3v) is 6.70. The Morgan fingerprint density at radius 1 is 0.875 bits per heavy atom. The summed E-state index contributed by atoms with van der Waals surface area (Å²) in [6.45, 7) is 1.40. The molecule has 202 valence electrons. The molecule has 2 aromatic heterocycles. The van der Waals surface area contributed by atoms with E-state index in [9.17, 15) is 27.5 Å². The molecule has 1 unspecified atom stereocenters. The topological polar surface area (TPSA) is 75.1 Å². The van der Waals surface area contributed by atoms with E-state index >= 15 is 0 Å². The molecule has 1 amide bonds. The lowest BCUT2D eigenvalue weighted by Crippen LogP contribution is -2.54. The Hall–Kier alpha value is -4.63. The van der Waals surface area contributed by atoms with Crippen LogP contribution in [0.2, 0.25) is 0 Å². The van der Waals surface area contributed by atoms with Gasteiger partial charge in [-0.2, -0.15) is 13.2 Å². The maximum absolute atomic E-state index is 14.1. The lowest BCUT2D eigenvalue weighted by atomic mass is 9.90. The summed E-state index contributed by atoms with van der Waals surface area (Å²) in [6, 6.07) is 23.4. The van der Waals surface area contributed by atoms with E-state index in [0.29, 0.717) is 28.0 Å². The third-order valence-electron chi connectivity index (χ3n) is 6.70. The SMILES string of the molecule is Cc1cc(-c2ccc(CNC(=O)C(O)(c3ccc(-c4ccc5cccnc5n4)cc3)C(F)(F)F)cc2)ccc1F. The zero-order chi connectivity index (χ0) is 28.5. The monoisotopic (exact) mass is 545 g/mol. The first-order valence-electron chi connectivity index (χ1n) is 12.3. The van der Waals surface area contributed by atoms with Gasteiger partial charge in [-0.3, -0.25) is 4.79 Å². The van der Waals surface area contributed by atoms with Crippen molar-refractivity contribution in [2.24, 2.45) is 0 Å². The first-order chi connectivity index (χ1) is 19.1. The summed E-state index contributed by atoms with van der Waals surface area (Å²) in [6.07, 6.45) is -3.70. The van der Waals surface area contributed by atoms with Crippen molar-refractivity contribution in [3.05, 3.63) is 120 Å². The van der Waals surface area contributed by atoms with Crippen LogP contribution in [0.3, 0.4) is 0 Å². The van der Waals surface area contributed by atoms with Crippen molar-refractivity contribution in [2.45, 2.75) is 25.2 Å². The molecule has 5 aromatic rings. The summed E-state index contributed by atoms with van der Waals surface area (Å²) >= 11 is 0. The van der Waals surface area contributed by atoms with Crippen LogP contribution in [-0.2, 0) is 16.9 Å². The number of pyridine rings is 2. The number of aliphatic hydroxyl groups is 1. The minimum absolute atomic E-state index is 0.244. The fourth-order valence-corrected chi connectivity index (χ4v) is 4.37. The van der Waals surface area contributed by atoms with Gasteiger partial charge in [-0.05, 0) is 65.6 Å². The van der Waals surface area contributed by atoms with E-state index in [4.69, 9.17) is 0 Å². The van der Waals surface area contributed by atoms with Crippen molar-refractivity contribution in [1.82, 2.24) is 15.3 Å². The summed E-state index contributed by atoms with van der Waals surface area (Å²) < 4.78 is 55.9. The molecule has 1 atom stereocenters. The summed E-state index contributed by atoms with van der Waals surface area (Å²) in [5.74, 6) is -1.92. The smallest absolute Gasteiger partial charge is 0.369 e. The largest absolute Gasteiger partial charge is 0.430 e. The fourth-order valence-electron chi connectivity index (χ4n) is 4.37. The number of benzene rings is 3. The van der Waals surface area contributed by atoms with E-state index in [1.807, 2.05) is 6.07 Å². The average molecular weight is 546 g/mol. The van der Waals surface area contributed by atoms with E-state index in [2.05, 4.69) is 15.3 Å². The summed E-state index contributed by atoms with van der Waals surface area (Å²) in [4.78, 5) is 21.4. The number of carbonyl (C=O) groups excluding carboxylic acids is 1. The van der Waals surface area contributed by atoms with Crippen LogP contribution in [0.15, 0.2) is 97.2 Å². The number of fused-ring (bicyclic) bond motifs is 1. The zero-order valence-corrected chi connectivity index (χ0v) is 21.2. The van der Waals surface area contributed by atoms with Gasteiger partial charge in [-0.25, -0.2) is 14.4 Å². The molecule has 9 heteroatoms. The highest BCUT2D eigenvalue weighted by Crippen LogP contribution is 2.40. The first-order valence-corrected chi connectivity index (χ1v) is 12.3. The van der Waals surface area contributed by atoms with E-state index in [-0.39, 0.29) is 12.4 Å². The molecular weight excluding hydrogens is 522 g/mol. The first kappa shape index (κ1) is 27.0. The molecule has 0 aliphatic rings. The number of alkyl halides is 3. The van der Waals surface area contributed by atoms with Gasteiger partial charge in [0.05, 0.1) is 5.69 Å². The number of nitrogens with one attached hydrogen (secondary N) is 1. The van der Waals surface area contributed by atoms with E-state index in [1.54, 1.807) is 67.7 Å². The highest BCUT2D eigenvalue weighted by Gasteiger charge is 2.60. The Labute approximate surface area is 227 Å². The molecule has 0 saturated heterocycles. The van der Waals surface area contributed by atoms with Gasteiger partial charge in [0.1, 0.15) is 5.82 Å². The average Bonchev–Trinajstić information content (AvgIpc) is 2.96. The van der Waals surface area contributed by atoms with Gasteiger partial charge in [0.15, 0.2) is 5.65 Å². The van der Waals surface area contributed by atoms with Crippen LogP contribution < -0.4 is 5.32 Å². The lowest BCUT2D eigenvalue weighted by molar-refractivity contribution is -0.257. The predicted molar refractivity (Wildman–Crippen MR) is 143 cm³/mol. The van der Waals surface area contributed by atoms with Crippen molar-refractivity contribution < 1.29 is 27.5 Å². The Morgan fingerprint density at radius 3 is 2.23 bits per heavy atom. The lowest BCUT2D eigenvalue weighted by Gasteiger charge is -2.29. The van der Waals surface area contributed by atoms with Crippen molar-refractivity contribution >= 4 is 16.9 Å². The Morgan fingerprint density at radius 2 is 1.55 bits per heavy atom. The highest BCUT2D eigenvalue weighted by molar-refractivity contribution is 5.87. The molecule has 0 aliphatic carbocycles. The van der Waals surface area contributed by atoms with Gasteiger partial charge in [0.2, 0.25) is 0 Å². The fraction of sp³-hybridized carbons (Fsp3) is 0.129. The second kappa shape index (κ2) is 10.5. The van der Waals surface area contributed by atoms with Crippen LogP contribution in [0.4, 0.5) is 17.6 Å². The van der Waals surface area contributed by atoms with Crippen molar-refractivity contribution in [1.29, 1.82) is 0 Å². The van der Waals surface area contributed by atoms with E-state index in [0.717, 1.165) is 28.6 Å². The minimum atomic E-state index is -5.28. The standard InChI is InChI=1S/C31H23F4N3O2/c1-19-17-24(10-14-26(19)32)21-6-4-20(5-7-21)18-37-29(39)30(40,31(33,34)35)25-12-8-22(9-13-25)27-15-11-23-3-2-16-36-28(23)38-27/h2-17,40H,18H2,1H3,(H,37,39). The quantitative estimate of drug-likeness (QED) is 0.240. The van der Waals surface area contributed by atoms with Gasteiger partial charge in [0.25, 0.3) is 11.5 Å². The molecule has 3 aromatic carbocycles. The molecule has 0 fully saturated rings. The van der Waals surface area contributed by atoms with Crippen molar-refractivity contribution in [2.75, 3.05) is 0 Å². The van der Waals surface area contributed by atoms with Gasteiger partial charge in [0, 0.05) is 29.3 Å². The molecule has 0 radical (unpaired) electrons. The number of aromatic nitrogens is 2. The maximum atomic E-state index is 14.1. The Balaban J connectivity index is 1.33. The van der Waals surface area contributed by atoms with Crippen LogP contribution in [-0.4, -0.2) is 27.2 Å². The molecular formula is C31H23F4N3O2. The minimum Gasteiger partial charge on any atom is -0.369 e. The van der Waals surface area contributed by atoms with Crippen LogP contribution in [0.1, 0.15) is 16.7 Å². The number of nitrogens with zero attached hydrogens (tertiary/aromatic N) is 2. The highest BCUT2D eigenvalue weighted by atomic mass is 19.4.